The third-order valence-electron chi connectivity index (χ3n) is 5.98. The van der Waals surface area contributed by atoms with Crippen molar-refractivity contribution >= 4 is 34.6 Å². The molecule has 0 unspecified atom stereocenters. The molecule has 2 heterocycles. The molecule has 0 aliphatic carbocycles. The van der Waals surface area contributed by atoms with Crippen LogP contribution in [0.4, 0.5) is 15.9 Å². The van der Waals surface area contributed by atoms with E-state index in [1.807, 2.05) is 55.5 Å². The van der Waals surface area contributed by atoms with E-state index in [2.05, 4.69) is 10.3 Å². The molecule has 196 valence electrons. The second kappa shape index (κ2) is 11.1. The number of ether oxygens (including phenoxy) is 2. The van der Waals surface area contributed by atoms with Crippen LogP contribution in [-0.4, -0.2) is 33.0 Å². The fourth-order valence-electron chi connectivity index (χ4n) is 4.04. The van der Waals surface area contributed by atoms with E-state index in [1.165, 1.54) is 0 Å². The number of carboxylic acids is 1. The van der Waals surface area contributed by atoms with Crippen molar-refractivity contribution < 1.29 is 23.8 Å². The van der Waals surface area contributed by atoms with Crippen molar-refractivity contribution in [2.75, 3.05) is 12.4 Å². The maximum atomic E-state index is 13.7. The summed E-state index contributed by atoms with van der Waals surface area (Å²) in [6.45, 7) is 2.45. The van der Waals surface area contributed by atoms with Crippen LogP contribution >= 0.6 is 0 Å². The molecule has 0 aliphatic heterocycles. The summed E-state index contributed by atoms with van der Waals surface area (Å²) in [5.74, 6) is -0.418. The molecular formula is C30H25FN4O4. The quantitative estimate of drug-likeness (QED) is 0.206. The van der Waals surface area contributed by atoms with Gasteiger partial charge < -0.3 is 19.9 Å². The smallest absolute Gasteiger partial charge is 0.364 e. The number of halogens is 1. The number of nitrogens with one attached hydrogen (secondary N) is 1. The van der Waals surface area contributed by atoms with E-state index < -0.39 is 11.8 Å². The molecular weight excluding hydrogens is 499 g/mol. The standard InChI is InChI=1S/C30H25FN4O4/c1-19-6-10-24(11-7-19)39-26-14-15-32-29-27(26)28(34-35(29)18-20-8-12-23(38-2)13-9-20)33-22-5-3-4-21(16-22)17-25(31)30(36)37/h3-17H,18H2,1-2H3,(H,33,34)(H,36,37)/b25-17-. The van der Waals surface area contributed by atoms with Crippen molar-refractivity contribution in [2.45, 2.75) is 13.5 Å². The maximum Gasteiger partial charge on any atom is 0.364 e. The van der Waals surface area contributed by atoms with Gasteiger partial charge in [-0.05, 0) is 60.5 Å². The Bertz CT molecular complexity index is 1660. The number of aromatic nitrogens is 3. The summed E-state index contributed by atoms with van der Waals surface area (Å²) in [7, 11) is 1.62. The second-order valence-corrected chi connectivity index (χ2v) is 8.83. The highest BCUT2D eigenvalue weighted by atomic mass is 19.1. The molecule has 3 aromatic carbocycles. The van der Waals surface area contributed by atoms with E-state index in [4.69, 9.17) is 19.7 Å². The molecule has 0 spiro atoms. The lowest BCUT2D eigenvalue weighted by molar-refractivity contribution is -0.134. The number of pyridine rings is 1. The minimum atomic E-state index is -1.62. The number of carboxylic acid groups (broad SMARTS) is 1. The van der Waals surface area contributed by atoms with Gasteiger partial charge in [-0.25, -0.2) is 14.5 Å². The minimum absolute atomic E-state index is 0.385. The van der Waals surface area contributed by atoms with Crippen LogP contribution in [0.15, 0.2) is 90.9 Å². The van der Waals surface area contributed by atoms with Gasteiger partial charge in [-0.1, -0.05) is 42.0 Å². The lowest BCUT2D eigenvalue weighted by Crippen LogP contribution is -2.03. The van der Waals surface area contributed by atoms with Crippen molar-refractivity contribution in [3.05, 3.63) is 108 Å². The van der Waals surface area contributed by atoms with Crippen LogP contribution in [0, 0.1) is 6.92 Å². The van der Waals surface area contributed by atoms with Gasteiger partial charge in [0.05, 0.1) is 13.7 Å². The molecule has 0 aliphatic rings. The molecule has 2 aromatic heterocycles. The number of carbonyl (C=O) groups is 1. The number of aryl methyl sites for hydroxylation is 1. The highest BCUT2D eigenvalue weighted by Gasteiger charge is 2.18. The number of methoxy groups -OCH3 is 1. The van der Waals surface area contributed by atoms with Gasteiger partial charge in [-0.3, -0.25) is 0 Å². The largest absolute Gasteiger partial charge is 0.497 e. The van der Waals surface area contributed by atoms with E-state index in [-0.39, 0.29) is 0 Å². The Balaban J connectivity index is 1.56. The van der Waals surface area contributed by atoms with Gasteiger partial charge in [0, 0.05) is 18.0 Å². The first-order chi connectivity index (χ1) is 18.9. The number of fused-ring (bicyclic) bond motifs is 1. The average Bonchev–Trinajstić information content (AvgIpc) is 3.28. The van der Waals surface area contributed by atoms with Gasteiger partial charge in [0.2, 0.25) is 5.83 Å². The molecule has 0 radical (unpaired) electrons. The molecule has 2 N–H and O–H groups in total. The van der Waals surface area contributed by atoms with Crippen molar-refractivity contribution in [3.63, 3.8) is 0 Å². The zero-order valence-electron chi connectivity index (χ0n) is 21.3. The Labute approximate surface area is 224 Å². The van der Waals surface area contributed by atoms with Crippen LogP contribution in [0.2, 0.25) is 0 Å². The van der Waals surface area contributed by atoms with Crippen molar-refractivity contribution in [2.24, 2.45) is 0 Å². The first-order valence-electron chi connectivity index (χ1n) is 12.1. The van der Waals surface area contributed by atoms with Crippen LogP contribution in [0.1, 0.15) is 16.7 Å². The van der Waals surface area contributed by atoms with Crippen molar-refractivity contribution in [3.8, 4) is 17.2 Å². The molecule has 0 atom stereocenters. The summed E-state index contributed by atoms with van der Waals surface area (Å²) in [4.78, 5) is 15.5. The van der Waals surface area contributed by atoms with Crippen LogP contribution in [0.25, 0.3) is 17.1 Å². The van der Waals surface area contributed by atoms with Crippen LogP contribution in [-0.2, 0) is 11.3 Å². The summed E-state index contributed by atoms with van der Waals surface area (Å²) in [5.41, 5.74) is 3.69. The number of hydrogen-bond acceptors (Lipinski definition) is 6. The number of nitrogens with zero attached hydrogens (tertiary/aromatic N) is 3. The predicted octanol–water partition coefficient (Wildman–Crippen LogP) is 6.73. The molecule has 0 bridgehead atoms. The van der Waals surface area contributed by atoms with E-state index in [0.717, 1.165) is 23.0 Å². The molecule has 0 saturated heterocycles. The van der Waals surface area contributed by atoms with E-state index in [9.17, 15) is 9.18 Å². The Kier molecular flexibility index (Phi) is 7.22. The zero-order valence-corrected chi connectivity index (χ0v) is 21.3. The van der Waals surface area contributed by atoms with Gasteiger partial charge in [-0.15, -0.1) is 0 Å². The summed E-state index contributed by atoms with van der Waals surface area (Å²) < 4.78 is 27.0. The lowest BCUT2D eigenvalue weighted by atomic mass is 10.1. The summed E-state index contributed by atoms with van der Waals surface area (Å²) in [6, 6.07) is 23.9. The molecule has 9 heteroatoms. The van der Waals surface area contributed by atoms with Crippen molar-refractivity contribution in [1.29, 1.82) is 0 Å². The maximum absolute atomic E-state index is 13.7. The molecule has 5 aromatic rings. The molecule has 5 rings (SSSR count). The lowest BCUT2D eigenvalue weighted by Gasteiger charge is -2.09. The van der Waals surface area contributed by atoms with Gasteiger partial charge in [0.15, 0.2) is 11.5 Å². The molecule has 0 fully saturated rings. The van der Waals surface area contributed by atoms with Gasteiger partial charge in [0.1, 0.15) is 22.6 Å². The summed E-state index contributed by atoms with van der Waals surface area (Å²) >= 11 is 0. The highest BCUT2D eigenvalue weighted by Crippen LogP contribution is 2.36. The Morgan fingerprint density at radius 2 is 1.79 bits per heavy atom. The number of hydrogen-bond donors (Lipinski definition) is 2. The fraction of sp³-hybridized carbons (Fsp3) is 0.100. The van der Waals surface area contributed by atoms with Crippen LogP contribution in [0.3, 0.4) is 0 Å². The topological polar surface area (TPSA) is 98.5 Å². The number of aliphatic carboxylic acids is 1. The van der Waals surface area contributed by atoms with Crippen molar-refractivity contribution in [1.82, 2.24) is 14.8 Å². The van der Waals surface area contributed by atoms with Gasteiger partial charge in [-0.2, -0.15) is 9.49 Å². The molecule has 39 heavy (non-hydrogen) atoms. The predicted molar refractivity (Wildman–Crippen MR) is 147 cm³/mol. The number of benzene rings is 3. The first kappa shape index (κ1) is 25.5. The Morgan fingerprint density at radius 1 is 1.05 bits per heavy atom. The summed E-state index contributed by atoms with van der Waals surface area (Å²) in [6.07, 6.45) is 2.63. The number of rotatable bonds is 9. The number of anilines is 2. The fourth-order valence-corrected chi connectivity index (χ4v) is 4.04. The van der Waals surface area contributed by atoms with Crippen LogP contribution < -0.4 is 14.8 Å². The first-order valence-corrected chi connectivity index (χ1v) is 12.1. The third-order valence-corrected chi connectivity index (χ3v) is 5.98. The second-order valence-electron chi connectivity index (χ2n) is 8.83. The normalized spacial score (nSPS) is 11.4. The van der Waals surface area contributed by atoms with E-state index in [1.54, 1.807) is 48.3 Å². The molecule has 0 amide bonds. The van der Waals surface area contributed by atoms with Gasteiger partial charge in [0.25, 0.3) is 0 Å². The van der Waals surface area contributed by atoms with E-state index in [0.29, 0.717) is 46.1 Å². The SMILES string of the molecule is COc1ccc(Cn2nc(Nc3cccc(/C=C(\F)C(=O)O)c3)c3c(Oc4ccc(C)cc4)ccnc32)cc1. The minimum Gasteiger partial charge on any atom is -0.497 e. The highest BCUT2D eigenvalue weighted by molar-refractivity contribution is 5.95. The van der Waals surface area contributed by atoms with E-state index >= 15 is 0 Å². The molecule has 0 saturated carbocycles. The molecule has 8 nitrogen and oxygen atoms in total. The summed E-state index contributed by atoms with van der Waals surface area (Å²) in [5, 5.41) is 17.6. The monoisotopic (exact) mass is 524 g/mol. The zero-order chi connectivity index (χ0) is 27.4. The van der Waals surface area contributed by atoms with Gasteiger partial charge >= 0.3 is 5.97 Å². The van der Waals surface area contributed by atoms with Crippen LogP contribution in [0.5, 0.6) is 17.2 Å². The Morgan fingerprint density at radius 3 is 2.51 bits per heavy atom. The third kappa shape index (κ3) is 5.88. The Hall–Kier alpha value is -5.18. The average molecular weight is 525 g/mol.